The Bertz CT molecular complexity index is 1170. The van der Waals surface area contributed by atoms with Gasteiger partial charge in [-0.3, -0.25) is 0 Å². The highest BCUT2D eigenvalue weighted by Crippen LogP contribution is 2.46. The number of rotatable bonds is 9. The lowest BCUT2D eigenvalue weighted by atomic mass is 10.1. The zero-order valence-corrected chi connectivity index (χ0v) is 21.8. The van der Waals surface area contributed by atoms with Gasteiger partial charge in [0.25, 0.3) is 0 Å². The third kappa shape index (κ3) is 5.03. The minimum Gasteiger partial charge on any atom is -0.496 e. The molecule has 0 spiro atoms. The second-order valence-corrected chi connectivity index (χ2v) is 10.1. The summed E-state index contributed by atoms with van der Waals surface area (Å²) < 4.78 is 23.3. The standard InChI is InChI=1S/C26H28N2O4S2/c1-15(2)31-19-11-7-9-17(29-5)23(19)21-13-27-25(33-21)26-28-14-22(34-26)24-18(30-6)10-8-12-20(24)32-16(3)4/h7-16H,1-6H3. The van der Waals surface area contributed by atoms with Crippen LogP contribution in [0, 0.1) is 0 Å². The average molecular weight is 497 g/mol. The van der Waals surface area contributed by atoms with Crippen molar-refractivity contribution in [3.63, 3.8) is 0 Å². The number of ether oxygens (including phenoxy) is 4. The summed E-state index contributed by atoms with van der Waals surface area (Å²) in [7, 11) is 3.33. The van der Waals surface area contributed by atoms with Gasteiger partial charge in [0.05, 0.1) is 47.3 Å². The monoisotopic (exact) mass is 496 g/mol. The van der Waals surface area contributed by atoms with E-state index in [2.05, 4.69) is 9.97 Å². The maximum atomic E-state index is 6.05. The molecule has 0 fully saturated rings. The first kappa shape index (κ1) is 24.0. The highest BCUT2D eigenvalue weighted by molar-refractivity contribution is 7.24. The smallest absolute Gasteiger partial charge is 0.152 e. The Kier molecular flexibility index (Phi) is 7.38. The Hall–Kier alpha value is -3.10. The summed E-state index contributed by atoms with van der Waals surface area (Å²) in [5.41, 5.74) is 1.80. The molecule has 0 amide bonds. The second kappa shape index (κ2) is 10.4. The van der Waals surface area contributed by atoms with Crippen molar-refractivity contribution < 1.29 is 18.9 Å². The van der Waals surface area contributed by atoms with Crippen LogP contribution in [0.25, 0.3) is 30.9 Å². The summed E-state index contributed by atoms with van der Waals surface area (Å²) in [5, 5.41) is 1.66. The van der Waals surface area contributed by atoms with Gasteiger partial charge in [-0.2, -0.15) is 0 Å². The maximum Gasteiger partial charge on any atom is 0.152 e. The van der Waals surface area contributed by atoms with Gasteiger partial charge in [-0.1, -0.05) is 12.1 Å². The van der Waals surface area contributed by atoms with Gasteiger partial charge >= 0.3 is 0 Å². The van der Waals surface area contributed by atoms with E-state index in [0.717, 1.165) is 53.9 Å². The van der Waals surface area contributed by atoms with E-state index >= 15 is 0 Å². The first-order chi connectivity index (χ1) is 16.4. The van der Waals surface area contributed by atoms with Crippen molar-refractivity contribution in [2.24, 2.45) is 0 Å². The number of aromatic nitrogens is 2. The van der Waals surface area contributed by atoms with Crippen LogP contribution in [-0.2, 0) is 0 Å². The number of hydrogen-bond donors (Lipinski definition) is 0. The molecule has 0 bridgehead atoms. The third-order valence-electron chi connectivity index (χ3n) is 4.83. The Morgan fingerprint density at radius 2 is 1.00 bits per heavy atom. The van der Waals surface area contributed by atoms with Crippen LogP contribution in [0.15, 0.2) is 48.8 Å². The average Bonchev–Trinajstić information content (AvgIpc) is 3.47. The van der Waals surface area contributed by atoms with E-state index in [4.69, 9.17) is 18.9 Å². The zero-order chi connectivity index (χ0) is 24.2. The summed E-state index contributed by atoms with van der Waals surface area (Å²) in [6.45, 7) is 8.03. The van der Waals surface area contributed by atoms with Crippen molar-refractivity contribution in [2.45, 2.75) is 39.9 Å². The normalized spacial score (nSPS) is 11.2. The van der Waals surface area contributed by atoms with Crippen LogP contribution in [0.4, 0.5) is 0 Å². The van der Waals surface area contributed by atoms with Gasteiger partial charge in [-0.15, -0.1) is 22.7 Å². The minimum absolute atomic E-state index is 0.0443. The van der Waals surface area contributed by atoms with Gasteiger partial charge in [0.15, 0.2) is 10.0 Å². The molecule has 0 aliphatic heterocycles. The third-order valence-corrected chi connectivity index (χ3v) is 7.00. The number of methoxy groups -OCH3 is 2. The number of thiazole rings is 2. The Morgan fingerprint density at radius 1 is 0.618 bits per heavy atom. The molecular weight excluding hydrogens is 468 g/mol. The van der Waals surface area contributed by atoms with Gasteiger partial charge in [0.1, 0.15) is 23.0 Å². The Morgan fingerprint density at radius 3 is 1.35 bits per heavy atom. The summed E-state index contributed by atoms with van der Waals surface area (Å²) in [4.78, 5) is 11.3. The Balaban J connectivity index is 1.72. The van der Waals surface area contributed by atoms with Crippen LogP contribution in [0.1, 0.15) is 27.7 Å². The molecule has 0 unspecified atom stereocenters. The summed E-state index contributed by atoms with van der Waals surface area (Å²) in [6, 6.07) is 11.6. The summed E-state index contributed by atoms with van der Waals surface area (Å²) in [6.07, 6.45) is 3.79. The largest absolute Gasteiger partial charge is 0.496 e. The van der Waals surface area contributed by atoms with Gasteiger partial charge in [0, 0.05) is 12.4 Å². The van der Waals surface area contributed by atoms with Crippen LogP contribution in [0.3, 0.4) is 0 Å². The SMILES string of the molecule is COc1cccc(OC(C)C)c1-c1cnc(-c2ncc(-c3c(OC)cccc3OC(C)C)s2)s1. The van der Waals surface area contributed by atoms with Crippen molar-refractivity contribution in [1.29, 1.82) is 0 Å². The van der Waals surface area contributed by atoms with Gasteiger partial charge in [0.2, 0.25) is 0 Å². The molecule has 4 aromatic rings. The fourth-order valence-electron chi connectivity index (χ4n) is 3.53. The van der Waals surface area contributed by atoms with Crippen molar-refractivity contribution in [3.8, 4) is 53.9 Å². The van der Waals surface area contributed by atoms with E-state index in [1.54, 1.807) is 36.9 Å². The van der Waals surface area contributed by atoms with E-state index in [9.17, 15) is 0 Å². The molecule has 4 rings (SSSR count). The molecule has 0 N–H and O–H groups in total. The van der Waals surface area contributed by atoms with Crippen molar-refractivity contribution in [1.82, 2.24) is 9.97 Å². The quantitative estimate of drug-likeness (QED) is 0.244. The number of benzene rings is 2. The molecule has 2 aromatic heterocycles. The van der Waals surface area contributed by atoms with Crippen molar-refractivity contribution in [3.05, 3.63) is 48.8 Å². The highest BCUT2D eigenvalue weighted by Gasteiger charge is 2.21. The van der Waals surface area contributed by atoms with E-state index in [1.165, 1.54) is 0 Å². The lowest BCUT2D eigenvalue weighted by molar-refractivity contribution is 0.242. The molecule has 0 saturated carbocycles. The maximum absolute atomic E-state index is 6.05. The zero-order valence-electron chi connectivity index (χ0n) is 20.1. The Labute approximate surface area is 208 Å². The molecule has 0 radical (unpaired) electrons. The van der Waals surface area contributed by atoms with E-state index in [0.29, 0.717) is 0 Å². The molecule has 0 atom stereocenters. The lowest BCUT2D eigenvalue weighted by Crippen LogP contribution is -2.06. The van der Waals surface area contributed by atoms with Crippen molar-refractivity contribution >= 4 is 22.7 Å². The number of hydrogen-bond acceptors (Lipinski definition) is 8. The molecule has 8 heteroatoms. The fraction of sp³-hybridized carbons (Fsp3) is 0.308. The molecule has 0 saturated heterocycles. The lowest BCUT2D eigenvalue weighted by Gasteiger charge is -2.15. The van der Waals surface area contributed by atoms with E-state index < -0.39 is 0 Å². The molecule has 2 heterocycles. The summed E-state index contributed by atoms with van der Waals surface area (Å²) in [5.74, 6) is 3.04. The van der Waals surface area contributed by atoms with Crippen LogP contribution in [0.2, 0.25) is 0 Å². The molecule has 0 aliphatic rings. The predicted molar refractivity (Wildman–Crippen MR) is 139 cm³/mol. The first-order valence-corrected chi connectivity index (χ1v) is 12.6. The van der Waals surface area contributed by atoms with Crippen LogP contribution in [-0.4, -0.2) is 36.4 Å². The first-order valence-electron chi connectivity index (χ1n) is 11.0. The summed E-state index contributed by atoms with van der Waals surface area (Å²) >= 11 is 3.11. The molecule has 34 heavy (non-hydrogen) atoms. The molecule has 6 nitrogen and oxygen atoms in total. The van der Waals surface area contributed by atoms with Crippen LogP contribution in [0.5, 0.6) is 23.0 Å². The molecule has 178 valence electrons. The van der Waals surface area contributed by atoms with Gasteiger partial charge in [-0.25, -0.2) is 9.97 Å². The van der Waals surface area contributed by atoms with Crippen LogP contribution >= 0.6 is 22.7 Å². The minimum atomic E-state index is 0.0443. The highest BCUT2D eigenvalue weighted by atomic mass is 32.1. The van der Waals surface area contributed by atoms with Gasteiger partial charge in [-0.05, 0) is 52.0 Å². The fourth-order valence-corrected chi connectivity index (χ4v) is 5.50. The van der Waals surface area contributed by atoms with Crippen molar-refractivity contribution in [2.75, 3.05) is 14.2 Å². The number of nitrogens with zero attached hydrogens (tertiary/aromatic N) is 2. The van der Waals surface area contributed by atoms with Crippen LogP contribution < -0.4 is 18.9 Å². The predicted octanol–water partition coefficient (Wildman–Crippen LogP) is 7.19. The second-order valence-electron chi connectivity index (χ2n) is 8.06. The molecular formula is C26H28N2O4S2. The van der Waals surface area contributed by atoms with E-state index in [-0.39, 0.29) is 12.2 Å². The van der Waals surface area contributed by atoms with E-state index in [1.807, 2.05) is 76.5 Å². The topological polar surface area (TPSA) is 62.7 Å². The van der Waals surface area contributed by atoms with Gasteiger partial charge < -0.3 is 18.9 Å². The molecule has 0 aliphatic carbocycles. The molecule has 2 aromatic carbocycles.